The van der Waals surface area contributed by atoms with Crippen LogP contribution >= 0.6 is 11.3 Å². The van der Waals surface area contributed by atoms with Crippen LogP contribution in [0.15, 0.2) is 42.5 Å². The van der Waals surface area contributed by atoms with Crippen LogP contribution in [0.5, 0.6) is 0 Å². The van der Waals surface area contributed by atoms with Crippen molar-refractivity contribution in [3.8, 4) is 0 Å². The van der Waals surface area contributed by atoms with Crippen molar-refractivity contribution in [2.24, 2.45) is 0 Å². The predicted molar refractivity (Wildman–Crippen MR) is 111 cm³/mol. The second kappa shape index (κ2) is 7.62. The van der Waals surface area contributed by atoms with Crippen molar-refractivity contribution in [1.29, 1.82) is 0 Å². The number of fused-ring (bicyclic) bond motifs is 2. The Morgan fingerprint density at radius 3 is 3.04 bits per heavy atom. The summed E-state index contributed by atoms with van der Waals surface area (Å²) in [5.41, 5.74) is 2.49. The van der Waals surface area contributed by atoms with Gasteiger partial charge in [-0.3, -0.25) is 15.0 Å². The number of nitrogens with one attached hydrogen (secondary N) is 1. The fourth-order valence-corrected chi connectivity index (χ4v) is 5.13. The number of carbonyl (C=O) groups excluding carboxylic acids is 1. The number of nitrogens with zero attached hydrogens (tertiary/aromatic N) is 2. The number of carbonyl (C=O) groups is 1. The van der Waals surface area contributed by atoms with Gasteiger partial charge in [-0.2, -0.15) is 0 Å². The van der Waals surface area contributed by atoms with Crippen LogP contribution in [-0.4, -0.2) is 35.0 Å². The maximum Gasteiger partial charge on any atom is 0.255 e. The summed E-state index contributed by atoms with van der Waals surface area (Å²) in [7, 11) is 0. The van der Waals surface area contributed by atoms with Crippen molar-refractivity contribution in [3.05, 3.63) is 58.6 Å². The third-order valence-electron chi connectivity index (χ3n) is 5.54. The molecule has 1 N–H and O–H groups in total. The fourth-order valence-electron chi connectivity index (χ4n) is 4.08. The first kappa shape index (κ1) is 17.8. The van der Waals surface area contributed by atoms with Crippen molar-refractivity contribution in [3.63, 3.8) is 0 Å². The first-order valence-electron chi connectivity index (χ1n) is 9.86. The molecule has 5 nitrogen and oxygen atoms in total. The monoisotopic (exact) mass is 393 g/mol. The highest BCUT2D eigenvalue weighted by Crippen LogP contribution is 2.30. The number of ether oxygens (including phenoxy) is 1. The lowest BCUT2D eigenvalue weighted by Crippen LogP contribution is -2.29. The van der Waals surface area contributed by atoms with Gasteiger partial charge in [0.25, 0.3) is 5.91 Å². The van der Waals surface area contributed by atoms with E-state index >= 15 is 0 Å². The molecule has 144 valence electrons. The fraction of sp³-hybridized carbons (Fsp3) is 0.364. The Bertz CT molecular complexity index is 1000. The average Bonchev–Trinajstić information content (AvgIpc) is 3.37. The van der Waals surface area contributed by atoms with E-state index in [1.165, 1.54) is 21.2 Å². The molecule has 3 heterocycles. The van der Waals surface area contributed by atoms with Crippen LogP contribution in [0.4, 0.5) is 5.13 Å². The average molecular weight is 394 g/mol. The molecule has 1 aromatic heterocycles. The van der Waals surface area contributed by atoms with Crippen molar-refractivity contribution >= 4 is 33.1 Å². The molecule has 1 atom stereocenters. The Balaban J connectivity index is 1.28. The molecular formula is C22H23N3O2S. The summed E-state index contributed by atoms with van der Waals surface area (Å²) in [6, 6.07) is 15.1. The summed E-state index contributed by atoms with van der Waals surface area (Å²) in [5.74, 6) is -0.0591. The molecule has 2 aromatic carbocycles. The van der Waals surface area contributed by atoms with Gasteiger partial charge in [-0.25, -0.2) is 4.98 Å². The van der Waals surface area contributed by atoms with Gasteiger partial charge in [-0.15, -0.1) is 11.3 Å². The zero-order chi connectivity index (χ0) is 18.9. The van der Waals surface area contributed by atoms with Crippen molar-refractivity contribution in [1.82, 2.24) is 9.88 Å². The minimum atomic E-state index is -0.316. The number of thiazole rings is 1. The summed E-state index contributed by atoms with van der Waals surface area (Å²) in [5, 5.41) is 6.27. The van der Waals surface area contributed by atoms with Gasteiger partial charge in [-0.05, 0) is 29.2 Å². The molecule has 1 saturated heterocycles. The molecule has 0 saturated carbocycles. The van der Waals surface area contributed by atoms with Crippen molar-refractivity contribution in [2.45, 2.75) is 38.5 Å². The molecule has 28 heavy (non-hydrogen) atoms. The zero-order valence-electron chi connectivity index (χ0n) is 15.7. The highest BCUT2D eigenvalue weighted by atomic mass is 32.1. The number of aromatic nitrogens is 1. The number of hydrogen-bond acceptors (Lipinski definition) is 5. The van der Waals surface area contributed by atoms with Crippen LogP contribution in [0, 0.1) is 0 Å². The van der Waals surface area contributed by atoms with Gasteiger partial charge >= 0.3 is 0 Å². The summed E-state index contributed by atoms with van der Waals surface area (Å²) in [6.45, 7) is 3.47. The molecule has 2 aliphatic rings. The number of hydrogen-bond donors (Lipinski definition) is 1. The Morgan fingerprint density at radius 1 is 1.25 bits per heavy atom. The highest BCUT2D eigenvalue weighted by Gasteiger charge is 2.26. The van der Waals surface area contributed by atoms with E-state index in [1.54, 1.807) is 11.3 Å². The van der Waals surface area contributed by atoms with Crippen LogP contribution in [0.3, 0.4) is 0 Å². The molecule has 0 radical (unpaired) electrons. The lowest BCUT2D eigenvalue weighted by Gasteiger charge is -2.26. The third kappa shape index (κ3) is 3.55. The Kier molecular flexibility index (Phi) is 4.84. The van der Waals surface area contributed by atoms with Crippen LogP contribution < -0.4 is 5.32 Å². The Morgan fingerprint density at radius 2 is 2.14 bits per heavy atom. The number of benzene rings is 2. The van der Waals surface area contributed by atoms with E-state index in [9.17, 15) is 4.79 Å². The van der Waals surface area contributed by atoms with E-state index in [0.29, 0.717) is 11.7 Å². The van der Waals surface area contributed by atoms with Gasteiger partial charge in [0.15, 0.2) is 5.13 Å². The molecule has 5 rings (SSSR count). The minimum absolute atomic E-state index is 0.0591. The standard InChI is InChI=1S/C22H23N3O2S/c26-21(19-9-4-12-27-19)24-22-23-18-10-11-25(14-20(18)28-22)13-16-7-3-6-15-5-1-2-8-17(15)16/h1-3,5-8,19H,4,9-14H2,(H,23,24,26). The van der Waals surface area contributed by atoms with Crippen LogP contribution in [0.2, 0.25) is 0 Å². The van der Waals surface area contributed by atoms with Gasteiger partial charge in [0.05, 0.1) is 5.69 Å². The van der Waals surface area contributed by atoms with Gasteiger partial charge in [0.1, 0.15) is 6.10 Å². The number of amides is 1. The van der Waals surface area contributed by atoms with E-state index in [2.05, 4.69) is 57.7 Å². The van der Waals surface area contributed by atoms with E-state index in [-0.39, 0.29) is 12.0 Å². The second-order valence-corrected chi connectivity index (χ2v) is 8.56. The Labute approximate surface area is 168 Å². The lowest BCUT2D eigenvalue weighted by molar-refractivity contribution is -0.124. The summed E-state index contributed by atoms with van der Waals surface area (Å²) >= 11 is 1.60. The lowest BCUT2D eigenvalue weighted by atomic mass is 10.0. The largest absolute Gasteiger partial charge is 0.368 e. The molecule has 0 bridgehead atoms. The number of anilines is 1. The zero-order valence-corrected chi connectivity index (χ0v) is 16.5. The van der Waals surface area contributed by atoms with Gasteiger partial charge in [0, 0.05) is 37.5 Å². The van der Waals surface area contributed by atoms with E-state index in [4.69, 9.17) is 4.74 Å². The number of rotatable bonds is 4. The van der Waals surface area contributed by atoms with Crippen molar-refractivity contribution in [2.75, 3.05) is 18.5 Å². The molecule has 0 aliphatic carbocycles. The molecule has 0 spiro atoms. The molecule has 2 aliphatic heterocycles. The molecule has 3 aromatic rings. The van der Waals surface area contributed by atoms with Crippen LogP contribution in [0.25, 0.3) is 10.8 Å². The van der Waals surface area contributed by atoms with Gasteiger partial charge in [-0.1, -0.05) is 42.5 Å². The SMILES string of the molecule is O=C(Nc1nc2c(s1)CN(Cc1cccc3ccccc13)CC2)C1CCCO1. The molecule has 1 amide bonds. The summed E-state index contributed by atoms with van der Waals surface area (Å²) in [6.07, 6.45) is 2.36. The first-order chi connectivity index (χ1) is 13.8. The second-order valence-electron chi connectivity index (χ2n) is 7.48. The minimum Gasteiger partial charge on any atom is -0.368 e. The van der Waals surface area contributed by atoms with Crippen molar-refractivity contribution < 1.29 is 9.53 Å². The normalized spacial score (nSPS) is 19.6. The van der Waals surface area contributed by atoms with Gasteiger partial charge < -0.3 is 4.74 Å². The van der Waals surface area contributed by atoms with Gasteiger partial charge in [0.2, 0.25) is 0 Å². The van der Waals surface area contributed by atoms with E-state index in [0.717, 1.165) is 44.6 Å². The maximum absolute atomic E-state index is 12.3. The molecule has 1 unspecified atom stereocenters. The first-order valence-corrected chi connectivity index (χ1v) is 10.7. The van der Waals surface area contributed by atoms with E-state index < -0.39 is 0 Å². The maximum atomic E-state index is 12.3. The van der Waals surface area contributed by atoms with Crippen LogP contribution in [-0.2, 0) is 29.0 Å². The highest BCUT2D eigenvalue weighted by molar-refractivity contribution is 7.15. The Hall–Kier alpha value is -2.28. The molecule has 1 fully saturated rings. The van der Waals surface area contributed by atoms with E-state index in [1.807, 2.05) is 0 Å². The molecule has 6 heteroatoms. The predicted octanol–water partition coefficient (Wildman–Crippen LogP) is 3.97. The third-order valence-corrected chi connectivity index (χ3v) is 6.53. The quantitative estimate of drug-likeness (QED) is 0.729. The topological polar surface area (TPSA) is 54.5 Å². The van der Waals surface area contributed by atoms with Crippen LogP contribution in [0.1, 0.15) is 29.0 Å². The molecular weight excluding hydrogens is 370 g/mol. The smallest absolute Gasteiger partial charge is 0.255 e. The summed E-state index contributed by atoms with van der Waals surface area (Å²) in [4.78, 5) is 20.7. The summed E-state index contributed by atoms with van der Waals surface area (Å²) < 4.78 is 5.46.